The van der Waals surface area contributed by atoms with E-state index in [-0.39, 0.29) is 6.10 Å². The molecule has 4 aliphatic carbocycles. The summed E-state index contributed by atoms with van der Waals surface area (Å²) in [6, 6.07) is 0. The first-order valence-electron chi connectivity index (χ1n) is 12.4. The number of aliphatic hydroxyl groups excluding tert-OH is 1. The van der Waals surface area contributed by atoms with E-state index in [1.54, 1.807) is 5.57 Å². The number of aliphatic carboxylic acids is 1. The Morgan fingerprint density at radius 1 is 1.07 bits per heavy atom. The van der Waals surface area contributed by atoms with Crippen LogP contribution in [0.2, 0.25) is 0 Å². The van der Waals surface area contributed by atoms with E-state index in [4.69, 9.17) is 5.11 Å². The van der Waals surface area contributed by atoms with Crippen molar-refractivity contribution in [3.8, 4) is 0 Å². The van der Waals surface area contributed by atoms with Crippen LogP contribution in [-0.4, -0.2) is 22.3 Å². The largest absolute Gasteiger partial charge is 0.478 e. The zero-order chi connectivity index (χ0) is 21.7. The quantitative estimate of drug-likeness (QED) is 0.306. The monoisotopic (exact) mass is 414 g/mol. The molecule has 0 radical (unpaired) electrons. The smallest absolute Gasteiger partial charge is 0.327 e. The number of hydrogen-bond acceptors (Lipinski definition) is 2. The second-order valence-corrected chi connectivity index (χ2v) is 11.6. The number of allylic oxidation sites excluding steroid dienone is 3. The molecule has 6 unspecified atom stereocenters. The average molecular weight is 415 g/mol. The lowest BCUT2D eigenvalue weighted by atomic mass is 9.45. The first kappa shape index (κ1) is 22.1. The number of rotatable bonds is 5. The maximum Gasteiger partial charge on any atom is 0.327 e. The summed E-state index contributed by atoms with van der Waals surface area (Å²) in [7, 11) is 0. The van der Waals surface area contributed by atoms with E-state index in [0.29, 0.717) is 28.1 Å². The number of carboxylic acids is 1. The zero-order valence-corrected chi connectivity index (χ0v) is 19.5. The molecule has 0 aliphatic heterocycles. The Bertz CT molecular complexity index is 751. The van der Waals surface area contributed by atoms with Crippen molar-refractivity contribution in [3.63, 3.8) is 0 Å². The van der Waals surface area contributed by atoms with Gasteiger partial charge in [-0.3, -0.25) is 0 Å². The molecule has 7 atom stereocenters. The van der Waals surface area contributed by atoms with Crippen molar-refractivity contribution < 1.29 is 15.0 Å². The van der Waals surface area contributed by atoms with E-state index in [2.05, 4.69) is 27.7 Å². The number of fused-ring (bicyclic) bond motifs is 4. The van der Waals surface area contributed by atoms with Crippen LogP contribution in [0, 0.1) is 34.0 Å². The Balaban J connectivity index is 1.55. The second kappa shape index (κ2) is 7.80. The molecule has 168 valence electrons. The third kappa shape index (κ3) is 3.22. The van der Waals surface area contributed by atoms with Gasteiger partial charge < -0.3 is 10.2 Å². The fraction of sp³-hybridized carbons (Fsp3) is 0.815. The zero-order valence-electron chi connectivity index (χ0n) is 19.5. The Morgan fingerprint density at radius 2 is 1.83 bits per heavy atom. The highest BCUT2D eigenvalue weighted by Gasteiger charge is 2.61. The molecule has 0 heterocycles. The minimum Gasteiger partial charge on any atom is -0.478 e. The summed E-state index contributed by atoms with van der Waals surface area (Å²) in [5.41, 5.74) is 4.62. The lowest BCUT2D eigenvalue weighted by Crippen LogP contribution is -2.51. The molecule has 30 heavy (non-hydrogen) atoms. The van der Waals surface area contributed by atoms with Crippen molar-refractivity contribution in [1.29, 1.82) is 0 Å². The summed E-state index contributed by atoms with van der Waals surface area (Å²) >= 11 is 0. The minimum absolute atomic E-state index is 0.110. The summed E-state index contributed by atoms with van der Waals surface area (Å²) in [5.74, 6) is 0.989. The van der Waals surface area contributed by atoms with E-state index in [1.165, 1.54) is 51.0 Å². The molecule has 3 nitrogen and oxygen atoms in total. The summed E-state index contributed by atoms with van der Waals surface area (Å²) in [6.07, 6.45) is 16.0. The van der Waals surface area contributed by atoms with Gasteiger partial charge in [0.1, 0.15) is 0 Å². The van der Waals surface area contributed by atoms with Gasteiger partial charge in [-0.15, -0.1) is 0 Å². The van der Waals surface area contributed by atoms with Crippen LogP contribution in [0.25, 0.3) is 0 Å². The number of aliphatic hydroxyl groups is 1. The van der Waals surface area contributed by atoms with Crippen molar-refractivity contribution >= 4 is 5.97 Å². The highest BCUT2D eigenvalue weighted by molar-refractivity contribution is 5.79. The molecule has 0 spiro atoms. The normalized spacial score (nSPS) is 45.9. The fourth-order valence-electron chi connectivity index (χ4n) is 8.55. The first-order valence-corrected chi connectivity index (χ1v) is 12.4. The Labute approximate surface area is 183 Å². The standard InChI is InChI=1S/C27H42O3/c1-18-20-10-11-22-21(25(20,2)15-14-23(18)28)13-17-26(3)19(12-16-27(22,26)4)8-6-5-7-9-24(29)30/h7,9,18-20,23,28H,5-6,8,10-17H2,1-4H3,(H,29,30)/b9-7+/t18?,19?,20?,23?,25?,26?,27-/m0/s1. The molecule has 3 heteroatoms. The summed E-state index contributed by atoms with van der Waals surface area (Å²) in [6.45, 7) is 9.97. The van der Waals surface area contributed by atoms with Gasteiger partial charge in [0, 0.05) is 6.08 Å². The first-order chi connectivity index (χ1) is 14.1. The van der Waals surface area contributed by atoms with Gasteiger partial charge in [-0.2, -0.15) is 0 Å². The van der Waals surface area contributed by atoms with Crippen molar-refractivity contribution in [2.24, 2.45) is 34.0 Å². The molecule has 0 aromatic heterocycles. The maximum atomic E-state index is 10.7. The number of hydrogen-bond donors (Lipinski definition) is 2. The van der Waals surface area contributed by atoms with Crippen LogP contribution in [0.4, 0.5) is 0 Å². The van der Waals surface area contributed by atoms with Gasteiger partial charge in [0.05, 0.1) is 6.10 Å². The van der Waals surface area contributed by atoms with E-state index in [1.807, 2.05) is 11.6 Å². The van der Waals surface area contributed by atoms with Gasteiger partial charge in [-0.25, -0.2) is 4.79 Å². The van der Waals surface area contributed by atoms with E-state index in [9.17, 15) is 9.90 Å². The molecule has 0 aromatic rings. The fourth-order valence-corrected chi connectivity index (χ4v) is 8.55. The van der Waals surface area contributed by atoms with Crippen LogP contribution in [0.1, 0.15) is 98.3 Å². The van der Waals surface area contributed by atoms with Gasteiger partial charge in [0.15, 0.2) is 0 Å². The summed E-state index contributed by atoms with van der Waals surface area (Å²) in [4.78, 5) is 10.7. The van der Waals surface area contributed by atoms with Gasteiger partial charge in [0.2, 0.25) is 0 Å². The Hall–Kier alpha value is -1.09. The van der Waals surface area contributed by atoms with Crippen molar-refractivity contribution in [2.45, 2.75) is 104 Å². The van der Waals surface area contributed by atoms with Crippen molar-refractivity contribution in [1.82, 2.24) is 0 Å². The second-order valence-electron chi connectivity index (χ2n) is 11.6. The molecule has 0 bridgehead atoms. The molecule has 4 rings (SSSR count). The SMILES string of the molecule is CC1C(O)CCC2(C)C3=C(CCC12)[C@]1(C)CCC(CCC/C=C/C(=O)O)C1(C)CC3. The van der Waals surface area contributed by atoms with Crippen LogP contribution < -0.4 is 0 Å². The van der Waals surface area contributed by atoms with E-state index in [0.717, 1.165) is 31.6 Å². The van der Waals surface area contributed by atoms with Crippen LogP contribution in [0.15, 0.2) is 23.3 Å². The summed E-state index contributed by atoms with van der Waals surface area (Å²) in [5, 5.41) is 19.3. The van der Waals surface area contributed by atoms with Gasteiger partial charge in [-0.05, 0) is 105 Å². The molecule has 2 saturated carbocycles. The molecule has 2 N–H and O–H groups in total. The van der Waals surface area contributed by atoms with E-state index >= 15 is 0 Å². The molecule has 0 saturated heterocycles. The van der Waals surface area contributed by atoms with Crippen molar-refractivity contribution in [3.05, 3.63) is 23.3 Å². The molecular weight excluding hydrogens is 372 g/mol. The predicted octanol–water partition coefficient (Wildman–Crippen LogP) is 6.52. The third-order valence-electron chi connectivity index (χ3n) is 10.7. The van der Waals surface area contributed by atoms with Crippen molar-refractivity contribution in [2.75, 3.05) is 0 Å². The van der Waals surface area contributed by atoms with Crippen LogP contribution in [0.5, 0.6) is 0 Å². The molecule has 2 fully saturated rings. The van der Waals surface area contributed by atoms with Crippen LogP contribution in [0.3, 0.4) is 0 Å². The van der Waals surface area contributed by atoms with Crippen LogP contribution in [-0.2, 0) is 4.79 Å². The number of carbonyl (C=O) groups is 1. The minimum atomic E-state index is -0.837. The Morgan fingerprint density at radius 3 is 2.57 bits per heavy atom. The van der Waals surface area contributed by atoms with Gasteiger partial charge in [-0.1, -0.05) is 44.9 Å². The molecule has 0 aromatic carbocycles. The topological polar surface area (TPSA) is 57.5 Å². The number of carboxylic acid groups (broad SMARTS) is 1. The Kier molecular flexibility index (Phi) is 5.75. The number of unbranched alkanes of at least 4 members (excludes halogenated alkanes) is 1. The third-order valence-corrected chi connectivity index (χ3v) is 10.7. The lowest BCUT2D eigenvalue weighted by Gasteiger charge is -2.59. The average Bonchev–Trinajstić information content (AvgIpc) is 2.96. The highest BCUT2D eigenvalue weighted by atomic mass is 16.4. The predicted molar refractivity (Wildman–Crippen MR) is 121 cm³/mol. The van der Waals surface area contributed by atoms with E-state index < -0.39 is 5.97 Å². The highest BCUT2D eigenvalue weighted by Crippen LogP contribution is 2.71. The summed E-state index contributed by atoms with van der Waals surface area (Å²) < 4.78 is 0. The van der Waals surface area contributed by atoms with Gasteiger partial charge >= 0.3 is 5.97 Å². The molecule has 4 aliphatic rings. The maximum absolute atomic E-state index is 10.7. The van der Waals surface area contributed by atoms with Crippen LogP contribution >= 0.6 is 0 Å². The van der Waals surface area contributed by atoms with Gasteiger partial charge in [0.25, 0.3) is 0 Å². The lowest BCUT2D eigenvalue weighted by molar-refractivity contribution is -0.131. The molecular formula is C27H42O3. The molecule has 0 amide bonds.